The standard InChI is InChI=1S/C15H20O3/c1-3-4-7-12(15(17)18)10-11(2)13-8-5-6-9-14(13)16/h5-6,8-10,12,16H,3-4,7H2,1-2H3,(H,17,18)/b11-10-. The smallest absolute Gasteiger partial charge is 0.310 e. The highest BCUT2D eigenvalue weighted by molar-refractivity contribution is 5.77. The van der Waals surface area contributed by atoms with Crippen molar-refractivity contribution in [1.29, 1.82) is 0 Å². The fraction of sp³-hybridized carbons (Fsp3) is 0.400. The molecular weight excluding hydrogens is 228 g/mol. The second-order valence-electron chi connectivity index (χ2n) is 4.45. The molecule has 3 heteroatoms. The fourth-order valence-corrected chi connectivity index (χ4v) is 1.90. The van der Waals surface area contributed by atoms with E-state index in [4.69, 9.17) is 5.11 Å². The van der Waals surface area contributed by atoms with Crippen molar-refractivity contribution in [2.75, 3.05) is 0 Å². The van der Waals surface area contributed by atoms with E-state index in [0.717, 1.165) is 18.4 Å². The van der Waals surface area contributed by atoms with Gasteiger partial charge in [-0.05, 0) is 25.0 Å². The van der Waals surface area contributed by atoms with Crippen molar-refractivity contribution in [3.8, 4) is 5.75 Å². The minimum absolute atomic E-state index is 0.186. The Morgan fingerprint density at radius 1 is 1.39 bits per heavy atom. The first-order valence-corrected chi connectivity index (χ1v) is 6.25. The summed E-state index contributed by atoms with van der Waals surface area (Å²) in [4.78, 5) is 11.2. The zero-order valence-electron chi connectivity index (χ0n) is 10.9. The van der Waals surface area contributed by atoms with Gasteiger partial charge in [0.15, 0.2) is 0 Å². The second-order valence-corrected chi connectivity index (χ2v) is 4.45. The summed E-state index contributed by atoms with van der Waals surface area (Å²) >= 11 is 0. The highest BCUT2D eigenvalue weighted by Crippen LogP contribution is 2.26. The van der Waals surface area contributed by atoms with Gasteiger partial charge in [0, 0.05) is 5.56 Å². The van der Waals surface area contributed by atoms with Gasteiger partial charge in [-0.25, -0.2) is 0 Å². The molecule has 1 unspecified atom stereocenters. The molecule has 0 spiro atoms. The van der Waals surface area contributed by atoms with Crippen LogP contribution in [0.1, 0.15) is 38.7 Å². The van der Waals surface area contributed by atoms with Crippen molar-refractivity contribution in [3.63, 3.8) is 0 Å². The van der Waals surface area contributed by atoms with E-state index in [9.17, 15) is 9.90 Å². The third-order valence-corrected chi connectivity index (χ3v) is 2.97. The summed E-state index contributed by atoms with van der Waals surface area (Å²) in [5.74, 6) is -1.10. The van der Waals surface area contributed by atoms with E-state index in [0.29, 0.717) is 12.0 Å². The molecule has 0 aromatic heterocycles. The summed E-state index contributed by atoms with van der Waals surface area (Å²) < 4.78 is 0. The highest BCUT2D eigenvalue weighted by atomic mass is 16.4. The van der Waals surface area contributed by atoms with Crippen LogP contribution >= 0.6 is 0 Å². The van der Waals surface area contributed by atoms with Crippen molar-refractivity contribution in [1.82, 2.24) is 0 Å². The molecule has 0 bridgehead atoms. The molecule has 1 aromatic rings. The number of hydrogen-bond donors (Lipinski definition) is 2. The lowest BCUT2D eigenvalue weighted by molar-refractivity contribution is -0.140. The number of phenols is 1. The van der Waals surface area contributed by atoms with Crippen LogP contribution in [0.4, 0.5) is 0 Å². The van der Waals surface area contributed by atoms with Gasteiger partial charge in [0.1, 0.15) is 5.75 Å². The molecule has 18 heavy (non-hydrogen) atoms. The first-order chi connectivity index (χ1) is 8.56. The molecular formula is C15H20O3. The van der Waals surface area contributed by atoms with Gasteiger partial charge < -0.3 is 10.2 Å². The fourth-order valence-electron chi connectivity index (χ4n) is 1.90. The third kappa shape index (κ3) is 3.91. The van der Waals surface area contributed by atoms with Crippen LogP contribution in [0.5, 0.6) is 5.75 Å². The van der Waals surface area contributed by atoms with E-state index in [1.807, 2.05) is 19.9 Å². The molecule has 0 saturated carbocycles. The molecule has 1 atom stereocenters. The molecule has 0 aliphatic heterocycles. The van der Waals surface area contributed by atoms with Crippen molar-refractivity contribution in [2.45, 2.75) is 33.1 Å². The number of carboxylic acid groups (broad SMARTS) is 1. The molecule has 0 aliphatic carbocycles. The van der Waals surface area contributed by atoms with Gasteiger partial charge in [0.25, 0.3) is 0 Å². The zero-order chi connectivity index (χ0) is 13.5. The molecule has 0 fully saturated rings. The molecule has 1 aromatic carbocycles. The highest BCUT2D eigenvalue weighted by Gasteiger charge is 2.15. The monoisotopic (exact) mass is 248 g/mol. The van der Waals surface area contributed by atoms with Crippen LogP contribution in [-0.2, 0) is 4.79 Å². The van der Waals surface area contributed by atoms with Gasteiger partial charge in [-0.2, -0.15) is 0 Å². The van der Waals surface area contributed by atoms with E-state index in [2.05, 4.69) is 0 Å². The predicted molar refractivity (Wildman–Crippen MR) is 72.4 cm³/mol. The Labute approximate surface area is 108 Å². The molecule has 3 nitrogen and oxygen atoms in total. The molecule has 1 rings (SSSR count). The summed E-state index contributed by atoms with van der Waals surface area (Å²) in [6, 6.07) is 6.97. The van der Waals surface area contributed by atoms with Crippen LogP contribution in [0, 0.1) is 5.92 Å². The Kier molecular flexibility index (Phi) is 5.43. The number of aromatic hydroxyl groups is 1. The zero-order valence-corrected chi connectivity index (χ0v) is 10.9. The summed E-state index contributed by atoms with van der Waals surface area (Å²) in [6.45, 7) is 3.87. The van der Waals surface area contributed by atoms with Gasteiger partial charge in [-0.1, -0.05) is 44.0 Å². The van der Waals surface area contributed by atoms with E-state index in [-0.39, 0.29) is 5.75 Å². The predicted octanol–water partition coefficient (Wildman–Crippen LogP) is 3.69. The number of carboxylic acids is 1. The van der Waals surface area contributed by atoms with Gasteiger partial charge in [0.2, 0.25) is 0 Å². The molecule has 0 heterocycles. The van der Waals surface area contributed by atoms with Crippen LogP contribution < -0.4 is 0 Å². The van der Waals surface area contributed by atoms with Gasteiger partial charge >= 0.3 is 5.97 Å². The van der Waals surface area contributed by atoms with Crippen molar-refractivity contribution >= 4 is 11.5 Å². The van der Waals surface area contributed by atoms with Crippen LogP contribution in [0.15, 0.2) is 30.3 Å². The summed E-state index contributed by atoms with van der Waals surface area (Å²) in [7, 11) is 0. The summed E-state index contributed by atoms with van der Waals surface area (Å²) in [5, 5.41) is 18.9. The van der Waals surface area contributed by atoms with E-state index >= 15 is 0 Å². The Hall–Kier alpha value is -1.77. The molecule has 98 valence electrons. The topological polar surface area (TPSA) is 57.5 Å². The third-order valence-electron chi connectivity index (χ3n) is 2.97. The Morgan fingerprint density at radius 2 is 2.06 bits per heavy atom. The van der Waals surface area contributed by atoms with Crippen molar-refractivity contribution in [2.24, 2.45) is 5.92 Å². The minimum Gasteiger partial charge on any atom is -0.507 e. The molecule has 0 radical (unpaired) electrons. The quantitative estimate of drug-likeness (QED) is 0.807. The van der Waals surface area contributed by atoms with Gasteiger partial charge in [0.05, 0.1) is 5.92 Å². The number of allylic oxidation sites excluding steroid dienone is 1. The maximum Gasteiger partial charge on any atom is 0.310 e. The first-order valence-electron chi connectivity index (χ1n) is 6.25. The van der Waals surface area contributed by atoms with Gasteiger partial charge in [-0.3, -0.25) is 4.79 Å². The average Bonchev–Trinajstić information content (AvgIpc) is 2.34. The normalized spacial score (nSPS) is 13.3. The first kappa shape index (κ1) is 14.3. The lowest BCUT2D eigenvalue weighted by Crippen LogP contribution is -2.11. The van der Waals surface area contributed by atoms with Crippen LogP contribution in [0.3, 0.4) is 0 Å². The van der Waals surface area contributed by atoms with Crippen LogP contribution in [0.25, 0.3) is 5.57 Å². The number of aliphatic carboxylic acids is 1. The van der Waals surface area contributed by atoms with Crippen molar-refractivity contribution < 1.29 is 15.0 Å². The molecule has 0 amide bonds. The van der Waals surface area contributed by atoms with E-state index in [1.54, 1.807) is 24.3 Å². The second kappa shape index (κ2) is 6.84. The van der Waals surface area contributed by atoms with Crippen LogP contribution in [-0.4, -0.2) is 16.2 Å². The summed E-state index contributed by atoms with van der Waals surface area (Å²) in [6.07, 6.45) is 4.23. The number of carbonyl (C=O) groups is 1. The maximum absolute atomic E-state index is 11.2. The molecule has 0 saturated heterocycles. The largest absolute Gasteiger partial charge is 0.507 e. The Balaban J connectivity index is 2.91. The molecule has 2 N–H and O–H groups in total. The Morgan fingerprint density at radius 3 is 2.61 bits per heavy atom. The lowest BCUT2D eigenvalue weighted by atomic mass is 9.96. The number of para-hydroxylation sites is 1. The summed E-state index contributed by atoms with van der Waals surface area (Å²) in [5.41, 5.74) is 1.50. The lowest BCUT2D eigenvalue weighted by Gasteiger charge is -2.10. The maximum atomic E-state index is 11.2. The van der Waals surface area contributed by atoms with Crippen LogP contribution in [0.2, 0.25) is 0 Å². The van der Waals surface area contributed by atoms with Gasteiger partial charge in [-0.15, -0.1) is 0 Å². The number of phenolic OH excluding ortho intramolecular Hbond substituents is 1. The number of rotatable bonds is 6. The van der Waals surface area contributed by atoms with E-state index in [1.165, 1.54) is 0 Å². The molecule has 0 aliphatic rings. The number of unbranched alkanes of at least 4 members (excludes halogenated alkanes) is 1. The van der Waals surface area contributed by atoms with E-state index < -0.39 is 11.9 Å². The van der Waals surface area contributed by atoms with Crippen molar-refractivity contribution in [3.05, 3.63) is 35.9 Å². The Bertz CT molecular complexity index is 435. The number of hydrogen-bond acceptors (Lipinski definition) is 2. The minimum atomic E-state index is -0.807. The SMILES string of the molecule is CCCCC(/C=C(/C)c1ccccc1O)C(=O)O. The average molecular weight is 248 g/mol. The number of benzene rings is 1.